The van der Waals surface area contributed by atoms with Gasteiger partial charge < -0.3 is 4.74 Å². The van der Waals surface area contributed by atoms with E-state index in [-0.39, 0.29) is 17.8 Å². The van der Waals surface area contributed by atoms with Crippen molar-refractivity contribution in [1.82, 2.24) is 0 Å². The van der Waals surface area contributed by atoms with Crippen LogP contribution in [0.2, 0.25) is 0 Å². The van der Waals surface area contributed by atoms with Gasteiger partial charge in [0.1, 0.15) is 6.04 Å². The average Bonchev–Trinajstić information content (AvgIpc) is 2.43. The quantitative estimate of drug-likeness (QED) is 0.729. The standard InChI is InChI=1S/C16H22BrNO3/c1-5-15(16(20)21-10-11(2)3)18(12(4)19)14-8-6-13(17)7-9-14/h6-9,11,15H,5,10H2,1-4H3. The Labute approximate surface area is 134 Å². The van der Waals surface area contributed by atoms with Gasteiger partial charge in [-0.2, -0.15) is 0 Å². The van der Waals surface area contributed by atoms with Gasteiger partial charge in [-0.05, 0) is 36.6 Å². The van der Waals surface area contributed by atoms with E-state index in [1.807, 2.05) is 45.0 Å². The molecular formula is C16H22BrNO3. The van der Waals surface area contributed by atoms with Gasteiger partial charge in [-0.25, -0.2) is 4.79 Å². The highest BCUT2D eigenvalue weighted by Gasteiger charge is 2.29. The normalized spacial score (nSPS) is 12.1. The minimum atomic E-state index is -0.595. The van der Waals surface area contributed by atoms with Crippen LogP contribution in [-0.2, 0) is 14.3 Å². The van der Waals surface area contributed by atoms with E-state index in [1.165, 1.54) is 11.8 Å². The maximum atomic E-state index is 12.2. The lowest BCUT2D eigenvalue weighted by Gasteiger charge is -2.29. The summed E-state index contributed by atoms with van der Waals surface area (Å²) in [4.78, 5) is 25.7. The third-order valence-electron chi connectivity index (χ3n) is 2.97. The van der Waals surface area contributed by atoms with Crippen LogP contribution in [0.3, 0.4) is 0 Å². The Balaban J connectivity index is 2.98. The Morgan fingerprint density at radius 3 is 2.24 bits per heavy atom. The van der Waals surface area contributed by atoms with Gasteiger partial charge in [0.2, 0.25) is 5.91 Å². The Hall–Kier alpha value is -1.36. The smallest absolute Gasteiger partial charge is 0.329 e. The van der Waals surface area contributed by atoms with E-state index in [0.29, 0.717) is 18.7 Å². The van der Waals surface area contributed by atoms with E-state index in [9.17, 15) is 9.59 Å². The first-order chi connectivity index (χ1) is 9.86. The molecule has 1 atom stereocenters. The van der Waals surface area contributed by atoms with Crippen LogP contribution in [-0.4, -0.2) is 24.5 Å². The molecule has 116 valence electrons. The topological polar surface area (TPSA) is 46.6 Å². The van der Waals surface area contributed by atoms with Crippen LogP contribution in [0, 0.1) is 5.92 Å². The van der Waals surface area contributed by atoms with E-state index in [0.717, 1.165) is 4.47 Å². The maximum Gasteiger partial charge on any atom is 0.329 e. The number of hydrogen-bond acceptors (Lipinski definition) is 3. The lowest BCUT2D eigenvalue weighted by Crippen LogP contribution is -2.45. The molecule has 0 saturated carbocycles. The third kappa shape index (κ3) is 5.16. The fourth-order valence-electron chi connectivity index (χ4n) is 1.98. The molecule has 0 spiro atoms. The highest BCUT2D eigenvalue weighted by atomic mass is 79.9. The number of amides is 1. The monoisotopic (exact) mass is 355 g/mol. The summed E-state index contributed by atoms with van der Waals surface area (Å²) in [7, 11) is 0. The number of hydrogen-bond donors (Lipinski definition) is 0. The molecule has 0 aromatic heterocycles. The zero-order chi connectivity index (χ0) is 16.0. The molecule has 0 saturated heterocycles. The van der Waals surface area contributed by atoms with Crippen molar-refractivity contribution in [3.05, 3.63) is 28.7 Å². The molecule has 1 rings (SSSR count). The molecule has 1 aromatic rings. The van der Waals surface area contributed by atoms with Crippen molar-refractivity contribution >= 4 is 33.5 Å². The summed E-state index contributed by atoms with van der Waals surface area (Å²) in [6.45, 7) is 7.65. The van der Waals surface area contributed by atoms with Crippen molar-refractivity contribution in [2.45, 2.75) is 40.2 Å². The molecule has 21 heavy (non-hydrogen) atoms. The van der Waals surface area contributed by atoms with Crippen molar-refractivity contribution in [3.8, 4) is 0 Å². The van der Waals surface area contributed by atoms with E-state index >= 15 is 0 Å². The molecule has 5 heteroatoms. The lowest BCUT2D eigenvalue weighted by atomic mass is 10.1. The highest BCUT2D eigenvalue weighted by molar-refractivity contribution is 9.10. The molecule has 0 aliphatic carbocycles. The van der Waals surface area contributed by atoms with Gasteiger partial charge in [-0.3, -0.25) is 9.69 Å². The summed E-state index contributed by atoms with van der Waals surface area (Å²) in [6, 6.07) is 6.71. The largest absolute Gasteiger partial charge is 0.464 e. The first-order valence-electron chi connectivity index (χ1n) is 7.08. The van der Waals surface area contributed by atoms with Crippen LogP contribution in [0.1, 0.15) is 34.1 Å². The number of esters is 1. The first kappa shape index (κ1) is 17.7. The molecule has 0 bridgehead atoms. The van der Waals surface area contributed by atoms with Gasteiger partial charge in [0.25, 0.3) is 0 Å². The summed E-state index contributed by atoms with van der Waals surface area (Å²) in [6.07, 6.45) is 0.507. The number of carbonyl (C=O) groups excluding carboxylic acids is 2. The zero-order valence-corrected chi connectivity index (χ0v) is 14.5. The van der Waals surface area contributed by atoms with Gasteiger partial charge >= 0.3 is 5.97 Å². The van der Waals surface area contributed by atoms with Crippen molar-refractivity contribution in [2.75, 3.05) is 11.5 Å². The van der Waals surface area contributed by atoms with Crippen LogP contribution >= 0.6 is 15.9 Å². The number of anilines is 1. The van der Waals surface area contributed by atoms with Gasteiger partial charge in [-0.15, -0.1) is 0 Å². The Kier molecular flexibility index (Phi) is 6.89. The summed E-state index contributed by atoms with van der Waals surface area (Å²) >= 11 is 3.36. The minimum absolute atomic E-state index is 0.175. The van der Waals surface area contributed by atoms with Gasteiger partial charge in [0.15, 0.2) is 0 Å². The average molecular weight is 356 g/mol. The van der Waals surface area contributed by atoms with Crippen LogP contribution in [0.25, 0.3) is 0 Å². The van der Waals surface area contributed by atoms with E-state index in [1.54, 1.807) is 0 Å². The van der Waals surface area contributed by atoms with E-state index in [4.69, 9.17) is 4.74 Å². The summed E-state index contributed by atoms with van der Waals surface area (Å²) in [5, 5.41) is 0. The zero-order valence-electron chi connectivity index (χ0n) is 12.9. The number of benzene rings is 1. The minimum Gasteiger partial charge on any atom is -0.464 e. The Morgan fingerprint density at radius 1 is 1.24 bits per heavy atom. The number of halogens is 1. The summed E-state index contributed by atoms with van der Waals surface area (Å²) < 4.78 is 6.21. The predicted octanol–water partition coefficient (Wildman–Crippen LogP) is 3.78. The third-order valence-corrected chi connectivity index (χ3v) is 3.50. The van der Waals surface area contributed by atoms with Crippen molar-refractivity contribution in [1.29, 1.82) is 0 Å². The molecule has 0 aliphatic rings. The Morgan fingerprint density at radius 2 is 1.81 bits per heavy atom. The second kappa shape index (κ2) is 8.17. The van der Waals surface area contributed by atoms with Gasteiger partial charge in [0.05, 0.1) is 6.61 Å². The summed E-state index contributed by atoms with van der Waals surface area (Å²) in [5.41, 5.74) is 0.694. The van der Waals surface area contributed by atoms with Crippen LogP contribution in [0.5, 0.6) is 0 Å². The lowest BCUT2D eigenvalue weighted by molar-refractivity contribution is -0.147. The van der Waals surface area contributed by atoms with Crippen molar-refractivity contribution in [3.63, 3.8) is 0 Å². The number of ether oxygens (including phenoxy) is 1. The van der Waals surface area contributed by atoms with Crippen LogP contribution in [0.15, 0.2) is 28.7 Å². The molecule has 0 fully saturated rings. The van der Waals surface area contributed by atoms with Crippen molar-refractivity contribution < 1.29 is 14.3 Å². The van der Waals surface area contributed by atoms with Crippen LogP contribution < -0.4 is 4.90 Å². The van der Waals surface area contributed by atoms with Crippen molar-refractivity contribution in [2.24, 2.45) is 5.92 Å². The molecule has 1 aromatic carbocycles. The molecule has 1 amide bonds. The van der Waals surface area contributed by atoms with E-state index < -0.39 is 6.04 Å². The van der Waals surface area contributed by atoms with Crippen LogP contribution in [0.4, 0.5) is 5.69 Å². The summed E-state index contributed by atoms with van der Waals surface area (Å²) in [5.74, 6) is -0.264. The SMILES string of the molecule is CCC(C(=O)OCC(C)C)N(C(C)=O)c1ccc(Br)cc1. The second-order valence-electron chi connectivity index (χ2n) is 5.31. The fraction of sp³-hybridized carbons (Fsp3) is 0.500. The number of rotatable bonds is 6. The molecule has 0 radical (unpaired) electrons. The first-order valence-corrected chi connectivity index (χ1v) is 7.88. The molecule has 1 unspecified atom stereocenters. The second-order valence-corrected chi connectivity index (χ2v) is 6.23. The van der Waals surface area contributed by atoms with Gasteiger partial charge in [-0.1, -0.05) is 36.7 Å². The molecule has 0 aliphatic heterocycles. The van der Waals surface area contributed by atoms with E-state index in [2.05, 4.69) is 15.9 Å². The predicted molar refractivity (Wildman–Crippen MR) is 87.2 cm³/mol. The van der Waals surface area contributed by atoms with Gasteiger partial charge in [0, 0.05) is 17.1 Å². The maximum absolute atomic E-state index is 12.2. The Bertz CT molecular complexity index is 485. The number of carbonyl (C=O) groups is 2. The fourth-order valence-corrected chi connectivity index (χ4v) is 2.25. The highest BCUT2D eigenvalue weighted by Crippen LogP contribution is 2.22. The molecule has 0 N–H and O–H groups in total. The molecular weight excluding hydrogens is 334 g/mol. The molecule has 0 heterocycles. The number of nitrogens with zero attached hydrogens (tertiary/aromatic N) is 1. The molecule has 4 nitrogen and oxygen atoms in total.